The standard InChI is InChI=1S/C11H13BrO/c1-8-3-4-10(7-12)6-11(8)5-9(2)13/h3-4,6H,5,7H2,1-2H3. The highest BCUT2D eigenvalue weighted by molar-refractivity contribution is 9.08. The first-order chi connectivity index (χ1) is 6.13. The molecule has 1 nitrogen and oxygen atoms in total. The largest absolute Gasteiger partial charge is 0.300 e. The molecular weight excluding hydrogens is 228 g/mol. The Morgan fingerprint density at radius 2 is 2.15 bits per heavy atom. The summed E-state index contributed by atoms with van der Waals surface area (Å²) in [6, 6.07) is 6.23. The van der Waals surface area contributed by atoms with Crippen LogP contribution in [0.4, 0.5) is 0 Å². The summed E-state index contributed by atoms with van der Waals surface area (Å²) in [4.78, 5) is 11.0. The van der Waals surface area contributed by atoms with Crippen molar-refractivity contribution in [2.45, 2.75) is 25.6 Å². The highest BCUT2D eigenvalue weighted by Crippen LogP contribution is 2.14. The predicted molar refractivity (Wildman–Crippen MR) is 58.2 cm³/mol. The van der Waals surface area contributed by atoms with Crippen molar-refractivity contribution in [3.05, 3.63) is 34.9 Å². The number of carbonyl (C=O) groups is 1. The zero-order valence-corrected chi connectivity index (χ0v) is 9.52. The van der Waals surface area contributed by atoms with Gasteiger partial charge in [-0.3, -0.25) is 4.79 Å². The molecule has 13 heavy (non-hydrogen) atoms. The minimum atomic E-state index is 0.217. The van der Waals surface area contributed by atoms with Gasteiger partial charge in [-0.1, -0.05) is 34.1 Å². The summed E-state index contributed by atoms with van der Waals surface area (Å²) in [5, 5.41) is 0.845. The molecule has 70 valence electrons. The fourth-order valence-electron chi connectivity index (χ4n) is 1.27. The van der Waals surface area contributed by atoms with Crippen LogP contribution in [-0.2, 0) is 16.5 Å². The summed E-state index contributed by atoms with van der Waals surface area (Å²) in [5.74, 6) is 0.217. The molecule has 2 heteroatoms. The Hall–Kier alpha value is -0.630. The van der Waals surface area contributed by atoms with E-state index in [9.17, 15) is 4.79 Å². The number of benzene rings is 1. The van der Waals surface area contributed by atoms with E-state index in [0.717, 1.165) is 10.9 Å². The fraction of sp³-hybridized carbons (Fsp3) is 0.364. The van der Waals surface area contributed by atoms with Crippen LogP contribution in [0, 0.1) is 6.92 Å². The van der Waals surface area contributed by atoms with E-state index in [-0.39, 0.29) is 5.78 Å². The normalized spacial score (nSPS) is 10.1. The number of Topliss-reactive ketones (excluding diaryl/α,β-unsaturated/α-hetero) is 1. The molecule has 0 fully saturated rings. The second kappa shape index (κ2) is 4.56. The van der Waals surface area contributed by atoms with Crippen molar-refractivity contribution >= 4 is 21.7 Å². The highest BCUT2D eigenvalue weighted by Gasteiger charge is 2.02. The molecule has 0 saturated heterocycles. The first kappa shape index (κ1) is 10.5. The Bertz CT molecular complexity index is 318. The maximum absolute atomic E-state index is 11.0. The lowest BCUT2D eigenvalue weighted by atomic mass is 10.0. The second-order valence-corrected chi connectivity index (χ2v) is 3.83. The third-order valence-corrected chi connectivity index (χ3v) is 2.65. The Balaban J connectivity index is 2.96. The molecule has 0 saturated carbocycles. The van der Waals surface area contributed by atoms with Crippen LogP contribution in [0.25, 0.3) is 0 Å². The van der Waals surface area contributed by atoms with Crippen molar-refractivity contribution in [2.75, 3.05) is 0 Å². The van der Waals surface area contributed by atoms with E-state index in [2.05, 4.69) is 34.1 Å². The molecule has 1 aromatic carbocycles. The number of ketones is 1. The third-order valence-electron chi connectivity index (χ3n) is 2.01. The Morgan fingerprint density at radius 1 is 1.46 bits per heavy atom. The van der Waals surface area contributed by atoms with Crippen LogP contribution in [0.1, 0.15) is 23.6 Å². The Labute approximate surface area is 87.3 Å². The average molecular weight is 241 g/mol. The van der Waals surface area contributed by atoms with Crippen LogP contribution in [0.3, 0.4) is 0 Å². The van der Waals surface area contributed by atoms with Crippen LogP contribution in [0.15, 0.2) is 18.2 Å². The number of halogens is 1. The minimum absolute atomic E-state index is 0.217. The van der Waals surface area contributed by atoms with Crippen molar-refractivity contribution in [3.8, 4) is 0 Å². The number of rotatable bonds is 3. The van der Waals surface area contributed by atoms with Gasteiger partial charge in [0.2, 0.25) is 0 Å². The lowest BCUT2D eigenvalue weighted by molar-refractivity contribution is -0.116. The molecule has 0 bridgehead atoms. The van der Waals surface area contributed by atoms with Crippen LogP contribution >= 0.6 is 15.9 Å². The van der Waals surface area contributed by atoms with Crippen molar-refractivity contribution in [1.29, 1.82) is 0 Å². The Morgan fingerprint density at radius 3 is 2.69 bits per heavy atom. The van der Waals surface area contributed by atoms with Crippen LogP contribution in [0.2, 0.25) is 0 Å². The van der Waals surface area contributed by atoms with Gasteiger partial charge in [0, 0.05) is 11.8 Å². The van der Waals surface area contributed by atoms with Gasteiger partial charge in [-0.2, -0.15) is 0 Å². The molecule has 0 aliphatic rings. The smallest absolute Gasteiger partial charge is 0.134 e. The molecule has 0 aliphatic heterocycles. The van der Waals surface area contributed by atoms with E-state index < -0.39 is 0 Å². The molecule has 0 radical (unpaired) electrons. The monoisotopic (exact) mass is 240 g/mol. The van der Waals surface area contributed by atoms with Crippen molar-refractivity contribution in [2.24, 2.45) is 0 Å². The van der Waals surface area contributed by atoms with E-state index in [0.29, 0.717) is 6.42 Å². The van der Waals surface area contributed by atoms with Crippen molar-refractivity contribution in [1.82, 2.24) is 0 Å². The second-order valence-electron chi connectivity index (χ2n) is 3.27. The molecule has 0 spiro atoms. The molecule has 1 aromatic rings. The van der Waals surface area contributed by atoms with Gasteiger partial charge in [0.15, 0.2) is 0 Å². The lowest BCUT2D eigenvalue weighted by Gasteiger charge is -2.05. The number of hydrogen-bond acceptors (Lipinski definition) is 1. The molecule has 0 heterocycles. The zero-order chi connectivity index (χ0) is 9.84. The van der Waals surface area contributed by atoms with E-state index in [1.165, 1.54) is 11.1 Å². The number of carbonyl (C=O) groups excluding carboxylic acids is 1. The summed E-state index contributed by atoms with van der Waals surface area (Å²) in [7, 11) is 0. The van der Waals surface area contributed by atoms with Gasteiger partial charge in [-0.05, 0) is 30.5 Å². The Kier molecular flexibility index (Phi) is 3.67. The molecule has 0 N–H and O–H groups in total. The topological polar surface area (TPSA) is 17.1 Å². The summed E-state index contributed by atoms with van der Waals surface area (Å²) >= 11 is 3.40. The van der Waals surface area contributed by atoms with Crippen LogP contribution in [-0.4, -0.2) is 5.78 Å². The summed E-state index contributed by atoms with van der Waals surface area (Å²) in [6.45, 7) is 3.66. The van der Waals surface area contributed by atoms with Gasteiger partial charge in [0.25, 0.3) is 0 Å². The van der Waals surface area contributed by atoms with Crippen molar-refractivity contribution < 1.29 is 4.79 Å². The quantitative estimate of drug-likeness (QED) is 0.743. The molecule has 0 aliphatic carbocycles. The molecule has 0 atom stereocenters. The fourth-order valence-corrected chi connectivity index (χ4v) is 1.62. The van der Waals surface area contributed by atoms with Gasteiger partial charge < -0.3 is 0 Å². The third kappa shape index (κ3) is 2.96. The first-order valence-electron chi connectivity index (χ1n) is 4.27. The SMILES string of the molecule is CC(=O)Cc1cc(CBr)ccc1C. The summed E-state index contributed by atoms with van der Waals surface area (Å²) < 4.78 is 0. The van der Waals surface area contributed by atoms with E-state index in [1.807, 2.05) is 6.92 Å². The highest BCUT2D eigenvalue weighted by atomic mass is 79.9. The molecule has 0 unspecified atom stereocenters. The summed E-state index contributed by atoms with van der Waals surface area (Å²) in [5.41, 5.74) is 3.56. The number of alkyl halides is 1. The van der Waals surface area contributed by atoms with Crippen LogP contribution < -0.4 is 0 Å². The molecule has 0 aromatic heterocycles. The van der Waals surface area contributed by atoms with Crippen LogP contribution in [0.5, 0.6) is 0 Å². The molecular formula is C11H13BrO. The van der Waals surface area contributed by atoms with E-state index in [1.54, 1.807) is 6.92 Å². The van der Waals surface area contributed by atoms with E-state index in [4.69, 9.17) is 0 Å². The van der Waals surface area contributed by atoms with Gasteiger partial charge in [-0.25, -0.2) is 0 Å². The van der Waals surface area contributed by atoms with Gasteiger partial charge in [0.1, 0.15) is 5.78 Å². The van der Waals surface area contributed by atoms with Crippen molar-refractivity contribution in [3.63, 3.8) is 0 Å². The van der Waals surface area contributed by atoms with E-state index >= 15 is 0 Å². The molecule has 0 amide bonds. The maximum atomic E-state index is 11.0. The lowest BCUT2D eigenvalue weighted by Crippen LogP contribution is -1.99. The zero-order valence-electron chi connectivity index (χ0n) is 7.93. The minimum Gasteiger partial charge on any atom is -0.300 e. The van der Waals surface area contributed by atoms with Gasteiger partial charge in [-0.15, -0.1) is 0 Å². The average Bonchev–Trinajstić information content (AvgIpc) is 2.08. The first-order valence-corrected chi connectivity index (χ1v) is 5.39. The maximum Gasteiger partial charge on any atom is 0.134 e. The predicted octanol–water partition coefficient (Wildman–Crippen LogP) is 3.02. The number of aryl methyl sites for hydroxylation is 1. The van der Waals surface area contributed by atoms with Gasteiger partial charge in [0.05, 0.1) is 0 Å². The number of hydrogen-bond donors (Lipinski definition) is 0. The summed E-state index contributed by atoms with van der Waals surface area (Å²) in [6.07, 6.45) is 0.548. The van der Waals surface area contributed by atoms with Gasteiger partial charge >= 0.3 is 0 Å². The molecule has 1 rings (SSSR count).